The molecule has 1 aliphatic carbocycles. The summed E-state index contributed by atoms with van der Waals surface area (Å²) in [5.74, 6) is 0.832. The zero-order valence-corrected chi connectivity index (χ0v) is 17.4. The van der Waals surface area contributed by atoms with Crippen molar-refractivity contribution in [3.63, 3.8) is 0 Å². The van der Waals surface area contributed by atoms with Crippen LogP contribution in [-0.2, 0) is 11.8 Å². The van der Waals surface area contributed by atoms with Gasteiger partial charge in [-0.25, -0.2) is 4.52 Å². The fraction of sp³-hybridized carbons (Fsp3) is 0.476. The molecular formula is C21H29N7O. The Kier molecular flexibility index (Phi) is 5.53. The number of likely N-dealkylation sites (tertiary alicyclic amines) is 1. The highest BCUT2D eigenvalue weighted by atomic mass is 16.2. The number of pyridine rings is 1. The molecule has 1 aliphatic heterocycles. The summed E-state index contributed by atoms with van der Waals surface area (Å²) < 4.78 is 3.60. The molecule has 2 N–H and O–H groups in total. The standard InChI is InChI=1S/C16H18N6O.C5H11N/c1-17-13-9-18-21(2)15(13)11-5-6-22-12(7-11)8-14(20-22)19-16(23)10-3-4-10;1-2-6-4-3-5-6/h5-10,17H,3-4H2,1-2H3,(H,19,20,23);2-5H2,1H3. The molecule has 3 aromatic rings. The summed E-state index contributed by atoms with van der Waals surface area (Å²) in [5, 5.41) is 14.7. The van der Waals surface area contributed by atoms with Crippen LogP contribution >= 0.6 is 0 Å². The van der Waals surface area contributed by atoms with E-state index in [0.717, 1.165) is 35.3 Å². The molecule has 5 rings (SSSR count). The van der Waals surface area contributed by atoms with E-state index < -0.39 is 0 Å². The lowest BCUT2D eigenvalue weighted by Crippen LogP contribution is -2.36. The van der Waals surface area contributed by atoms with Gasteiger partial charge in [0.15, 0.2) is 5.82 Å². The molecule has 0 aromatic carbocycles. The molecule has 154 valence electrons. The summed E-state index contributed by atoms with van der Waals surface area (Å²) in [6.45, 7) is 6.14. The van der Waals surface area contributed by atoms with Crippen LogP contribution in [0.25, 0.3) is 16.8 Å². The lowest BCUT2D eigenvalue weighted by molar-refractivity contribution is -0.117. The van der Waals surface area contributed by atoms with Crippen molar-refractivity contribution in [2.45, 2.75) is 26.2 Å². The number of aromatic nitrogens is 4. The van der Waals surface area contributed by atoms with E-state index in [-0.39, 0.29) is 11.8 Å². The highest BCUT2D eigenvalue weighted by Crippen LogP contribution is 2.31. The van der Waals surface area contributed by atoms with Gasteiger partial charge in [-0.3, -0.25) is 9.48 Å². The Hall–Kier alpha value is -2.87. The van der Waals surface area contributed by atoms with Crippen LogP contribution < -0.4 is 10.6 Å². The van der Waals surface area contributed by atoms with Crippen LogP contribution in [0.3, 0.4) is 0 Å². The first-order chi connectivity index (χ1) is 14.1. The quantitative estimate of drug-likeness (QED) is 0.694. The molecule has 8 heteroatoms. The first kappa shape index (κ1) is 19.4. The van der Waals surface area contributed by atoms with Gasteiger partial charge >= 0.3 is 0 Å². The number of hydrogen-bond donors (Lipinski definition) is 2. The van der Waals surface area contributed by atoms with Crippen LogP contribution in [0, 0.1) is 5.92 Å². The summed E-state index contributed by atoms with van der Waals surface area (Å²) in [7, 11) is 3.79. The highest BCUT2D eigenvalue weighted by Gasteiger charge is 2.30. The molecule has 0 bridgehead atoms. The maximum Gasteiger partial charge on any atom is 0.228 e. The van der Waals surface area contributed by atoms with Gasteiger partial charge in [-0.05, 0) is 51.0 Å². The maximum atomic E-state index is 11.9. The molecular weight excluding hydrogens is 366 g/mol. The third-order valence-electron chi connectivity index (χ3n) is 5.54. The molecule has 1 saturated carbocycles. The molecule has 3 aromatic heterocycles. The van der Waals surface area contributed by atoms with Gasteiger partial charge in [-0.2, -0.15) is 10.2 Å². The Labute approximate surface area is 170 Å². The van der Waals surface area contributed by atoms with Crippen molar-refractivity contribution >= 4 is 22.9 Å². The Morgan fingerprint density at radius 3 is 2.66 bits per heavy atom. The van der Waals surface area contributed by atoms with Crippen LogP contribution in [0.15, 0.2) is 30.6 Å². The minimum atomic E-state index is 0.0673. The molecule has 4 heterocycles. The van der Waals surface area contributed by atoms with Gasteiger partial charge in [0.1, 0.15) is 0 Å². The SMILES string of the molecule is CCN1CCC1.CNc1cnn(C)c1-c1ccn2nc(NC(=O)C3CC3)cc2c1. The molecule has 0 radical (unpaired) electrons. The number of fused-ring (bicyclic) bond motifs is 1. The molecule has 0 atom stereocenters. The number of anilines is 2. The van der Waals surface area contributed by atoms with E-state index in [0.29, 0.717) is 5.82 Å². The Bertz CT molecular complexity index is 995. The van der Waals surface area contributed by atoms with E-state index in [1.807, 2.05) is 43.2 Å². The fourth-order valence-electron chi connectivity index (χ4n) is 3.44. The number of nitrogens with one attached hydrogen (secondary N) is 2. The summed E-state index contributed by atoms with van der Waals surface area (Å²) in [6, 6.07) is 5.92. The predicted octanol–water partition coefficient (Wildman–Crippen LogP) is 2.84. The molecule has 0 unspecified atom stereocenters. The number of rotatable bonds is 5. The smallest absolute Gasteiger partial charge is 0.228 e. The molecule has 1 saturated heterocycles. The second-order valence-electron chi connectivity index (χ2n) is 7.65. The average Bonchev–Trinajstić information content (AvgIpc) is 3.35. The van der Waals surface area contributed by atoms with Crippen molar-refractivity contribution in [1.29, 1.82) is 0 Å². The van der Waals surface area contributed by atoms with Gasteiger partial charge in [0.05, 0.1) is 23.1 Å². The van der Waals surface area contributed by atoms with Crippen LogP contribution in [0.4, 0.5) is 11.5 Å². The zero-order chi connectivity index (χ0) is 20.4. The van der Waals surface area contributed by atoms with Crippen molar-refractivity contribution < 1.29 is 4.79 Å². The van der Waals surface area contributed by atoms with E-state index >= 15 is 0 Å². The number of nitrogens with zero attached hydrogens (tertiary/aromatic N) is 5. The zero-order valence-electron chi connectivity index (χ0n) is 17.4. The number of hydrogen-bond acceptors (Lipinski definition) is 5. The Balaban J connectivity index is 0.000000294. The summed E-state index contributed by atoms with van der Waals surface area (Å²) >= 11 is 0. The second kappa shape index (κ2) is 8.24. The Morgan fingerprint density at radius 1 is 1.28 bits per heavy atom. The highest BCUT2D eigenvalue weighted by molar-refractivity contribution is 5.93. The molecule has 1 amide bonds. The van der Waals surface area contributed by atoms with Gasteiger partial charge in [-0.1, -0.05) is 6.92 Å². The first-order valence-corrected chi connectivity index (χ1v) is 10.3. The van der Waals surface area contributed by atoms with E-state index in [9.17, 15) is 4.79 Å². The third kappa shape index (κ3) is 4.27. The molecule has 2 fully saturated rings. The molecule has 0 spiro atoms. The normalized spacial score (nSPS) is 16.1. The minimum absolute atomic E-state index is 0.0673. The number of carbonyl (C=O) groups is 1. The van der Waals surface area contributed by atoms with Gasteiger partial charge in [0, 0.05) is 37.8 Å². The van der Waals surface area contributed by atoms with Crippen LogP contribution in [-0.4, -0.2) is 56.9 Å². The predicted molar refractivity (Wildman–Crippen MR) is 115 cm³/mol. The van der Waals surface area contributed by atoms with Crippen molar-refractivity contribution in [1.82, 2.24) is 24.3 Å². The lowest BCUT2D eigenvalue weighted by Gasteiger charge is -2.28. The van der Waals surface area contributed by atoms with Gasteiger partial charge < -0.3 is 15.5 Å². The molecule has 8 nitrogen and oxygen atoms in total. The number of carbonyl (C=O) groups excluding carboxylic acids is 1. The van der Waals surface area contributed by atoms with Crippen molar-refractivity contribution in [3.8, 4) is 11.3 Å². The average molecular weight is 396 g/mol. The van der Waals surface area contributed by atoms with Crippen molar-refractivity contribution in [2.75, 3.05) is 37.3 Å². The topological polar surface area (TPSA) is 79.5 Å². The van der Waals surface area contributed by atoms with Crippen LogP contribution in [0.2, 0.25) is 0 Å². The summed E-state index contributed by atoms with van der Waals surface area (Å²) in [5.41, 5.74) is 3.96. The van der Waals surface area contributed by atoms with Gasteiger partial charge in [0.25, 0.3) is 0 Å². The van der Waals surface area contributed by atoms with Crippen molar-refractivity contribution in [2.24, 2.45) is 13.0 Å². The van der Waals surface area contributed by atoms with Crippen molar-refractivity contribution in [3.05, 3.63) is 30.6 Å². The molecule has 2 aliphatic rings. The van der Waals surface area contributed by atoms with Crippen LogP contribution in [0.5, 0.6) is 0 Å². The lowest BCUT2D eigenvalue weighted by atomic mass is 10.1. The third-order valence-corrected chi connectivity index (χ3v) is 5.54. The maximum absolute atomic E-state index is 11.9. The molecule has 29 heavy (non-hydrogen) atoms. The monoisotopic (exact) mass is 395 g/mol. The number of amides is 1. The summed E-state index contributed by atoms with van der Waals surface area (Å²) in [4.78, 5) is 14.3. The van der Waals surface area contributed by atoms with E-state index in [1.165, 1.54) is 26.1 Å². The minimum Gasteiger partial charge on any atom is -0.385 e. The van der Waals surface area contributed by atoms with Crippen LogP contribution in [0.1, 0.15) is 26.2 Å². The second-order valence-corrected chi connectivity index (χ2v) is 7.65. The first-order valence-electron chi connectivity index (χ1n) is 10.3. The van der Waals surface area contributed by atoms with Gasteiger partial charge in [0.2, 0.25) is 5.91 Å². The van der Waals surface area contributed by atoms with E-state index in [4.69, 9.17) is 0 Å². The van der Waals surface area contributed by atoms with Gasteiger partial charge in [-0.15, -0.1) is 0 Å². The van der Waals surface area contributed by atoms with E-state index in [1.54, 1.807) is 10.7 Å². The largest absolute Gasteiger partial charge is 0.385 e. The van der Waals surface area contributed by atoms with E-state index in [2.05, 4.69) is 32.7 Å². The summed E-state index contributed by atoms with van der Waals surface area (Å²) in [6.07, 6.45) is 7.09. The Morgan fingerprint density at radius 2 is 2.07 bits per heavy atom. The number of aryl methyl sites for hydroxylation is 1. The fourth-order valence-corrected chi connectivity index (χ4v) is 3.44.